The van der Waals surface area contributed by atoms with E-state index in [9.17, 15) is 0 Å². The highest BCUT2D eigenvalue weighted by Gasteiger charge is 2.22. The van der Waals surface area contributed by atoms with Crippen LogP contribution in [0.5, 0.6) is 0 Å². The van der Waals surface area contributed by atoms with Crippen molar-refractivity contribution in [2.75, 3.05) is 90.1 Å². The Bertz CT molecular complexity index is 2960. The zero-order chi connectivity index (χ0) is 47.1. The fourth-order valence-electron chi connectivity index (χ4n) is 10.5. The van der Waals surface area contributed by atoms with E-state index in [2.05, 4.69) is 119 Å². The van der Waals surface area contributed by atoms with Crippen LogP contribution in [0.3, 0.4) is 0 Å². The van der Waals surface area contributed by atoms with Crippen LogP contribution in [0.25, 0.3) is 42.5 Å². The predicted octanol–water partition coefficient (Wildman–Crippen LogP) is 9.28. The zero-order valence-electron chi connectivity index (χ0n) is 40.8. The van der Waals surface area contributed by atoms with E-state index in [0.717, 1.165) is 193 Å². The molecular weight excluding hydrogens is 897 g/mol. The van der Waals surface area contributed by atoms with Crippen molar-refractivity contribution < 1.29 is 4.74 Å². The number of unbranched alkanes of at least 4 members (excludes halogenated alkanes) is 4. The van der Waals surface area contributed by atoms with Gasteiger partial charge in [0.2, 0.25) is 0 Å². The van der Waals surface area contributed by atoms with Crippen molar-refractivity contribution in [2.45, 2.75) is 91.4 Å². The number of pyridine rings is 2. The van der Waals surface area contributed by atoms with Crippen LogP contribution in [0.15, 0.2) is 71.4 Å². The molecule has 8 heterocycles. The van der Waals surface area contributed by atoms with E-state index >= 15 is 0 Å². The van der Waals surface area contributed by atoms with Gasteiger partial charge in [0.25, 0.3) is 0 Å². The number of nitrogen functional groups attached to an aromatic ring is 2. The average molecular weight is 967 g/mol. The molecule has 2 aliphatic rings. The number of aryl methyl sites for hydroxylation is 2. The summed E-state index contributed by atoms with van der Waals surface area (Å²) in [5.41, 5.74) is 24.2. The van der Waals surface area contributed by atoms with Gasteiger partial charge in [0.05, 0.1) is 44.7 Å². The molecule has 0 aliphatic carbocycles. The number of fused-ring (bicyclic) bond motifs is 6. The minimum absolute atomic E-state index is 0.519. The van der Waals surface area contributed by atoms with Crippen LogP contribution < -0.4 is 11.5 Å². The van der Waals surface area contributed by atoms with Crippen LogP contribution in [0.2, 0.25) is 0 Å². The molecule has 0 atom stereocenters. The topological polar surface area (TPSA) is 136 Å². The van der Waals surface area contributed by atoms with E-state index in [0.29, 0.717) is 11.6 Å². The number of ether oxygens (including phenoxy) is 1. The molecule has 8 aromatic rings. The minimum atomic E-state index is 0.519. The molecule has 2 aromatic carbocycles. The zero-order valence-corrected chi connectivity index (χ0v) is 42.4. The Labute approximate surface area is 415 Å². The van der Waals surface area contributed by atoms with Crippen LogP contribution in [-0.4, -0.2) is 127 Å². The lowest BCUT2D eigenvalue weighted by Crippen LogP contribution is -2.49. The molecule has 10 rings (SSSR count). The Morgan fingerprint density at radius 2 is 1.10 bits per heavy atom. The molecule has 2 aliphatic heterocycles. The van der Waals surface area contributed by atoms with Crippen molar-refractivity contribution in [3.8, 4) is 0 Å². The van der Waals surface area contributed by atoms with Crippen LogP contribution >= 0.6 is 22.7 Å². The van der Waals surface area contributed by atoms with Gasteiger partial charge in [0.1, 0.15) is 22.7 Å². The van der Waals surface area contributed by atoms with E-state index in [4.69, 9.17) is 31.2 Å². The summed E-state index contributed by atoms with van der Waals surface area (Å²) in [5, 5.41) is 4.23. The lowest BCUT2D eigenvalue weighted by atomic mass is 10.1. The van der Waals surface area contributed by atoms with Gasteiger partial charge in [0.15, 0.2) is 11.6 Å². The standard InChI is InChI=1S/C54H70N12OS2/c1-3-5-16-45-59-47-49(51-43(18-31-68-51)57-53(47)55)65(45)37-41-14-10-12-39(33-41)35-61(4-2)20-9-7-6-8-17-46-60-48-50(52-44(19-32-69-52)58-54(48)56)66(46)38-42-15-11-13-40(34-42)36-64-25-23-62(24-26-64)21-22-63-27-29-67-30-28-63/h10-15,18-19,31-34H,3-9,16-17,20-30,35-38H2,1-2H3,(H2,55,57)(H2,56,58). The molecular formula is C54H70N12OS2. The smallest absolute Gasteiger partial charge is 0.152 e. The third kappa shape index (κ3) is 11.1. The number of morpholine rings is 1. The Kier molecular flexibility index (Phi) is 15.5. The van der Waals surface area contributed by atoms with Gasteiger partial charge in [-0.2, -0.15) is 0 Å². The molecule has 15 heteroatoms. The summed E-state index contributed by atoms with van der Waals surface area (Å²) in [6, 6.07) is 22.5. The maximum absolute atomic E-state index is 6.63. The number of anilines is 2. The maximum atomic E-state index is 6.63. The highest BCUT2D eigenvalue weighted by atomic mass is 32.1. The van der Waals surface area contributed by atoms with Crippen LogP contribution in [0.4, 0.5) is 11.6 Å². The van der Waals surface area contributed by atoms with Gasteiger partial charge in [-0.25, -0.2) is 19.9 Å². The second-order valence-corrected chi connectivity index (χ2v) is 21.1. The average Bonchev–Trinajstić information content (AvgIpc) is 4.18. The number of imidazole rings is 2. The van der Waals surface area contributed by atoms with Crippen molar-refractivity contribution >= 4 is 76.8 Å². The molecule has 2 saturated heterocycles. The highest BCUT2D eigenvalue weighted by molar-refractivity contribution is 7.18. The summed E-state index contributed by atoms with van der Waals surface area (Å²) in [4.78, 5) is 30.1. The van der Waals surface area contributed by atoms with E-state index in [1.807, 2.05) is 0 Å². The fourth-order valence-corrected chi connectivity index (χ4v) is 12.3. The summed E-state index contributed by atoms with van der Waals surface area (Å²) >= 11 is 3.46. The third-order valence-electron chi connectivity index (χ3n) is 14.4. The summed E-state index contributed by atoms with van der Waals surface area (Å²) in [7, 11) is 0. The number of rotatable bonds is 22. The largest absolute Gasteiger partial charge is 0.382 e. The van der Waals surface area contributed by atoms with E-state index < -0.39 is 0 Å². The maximum Gasteiger partial charge on any atom is 0.152 e. The van der Waals surface area contributed by atoms with E-state index in [1.165, 1.54) is 39.8 Å². The lowest BCUT2D eigenvalue weighted by Gasteiger charge is -2.36. The van der Waals surface area contributed by atoms with Crippen molar-refractivity contribution in [2.24, 2.45) is 0 Å². The minimum Gasteiger partial charge on any atom is -0.382 e. The molecule has 364 valence electrons. The number of thiophene rings is 2. The molecule has 0 amide bonds. The quantitative estimate of drug-likeness (QED) is 0.0630. The number of nitrogens with zero attached hydrogens (tertiary/aromatic N) is 10. The van der Waals surface area contributed by atoms with Gasteiger partial charge in [-0.1, -0.05) is 81.6 Å². The molecule has 4 N–H and O–H groups in total. The number of hydrogen-bond donors (Lipinski definition) is 2. The monoisotopic (exact) mass is 967 g/mol. The molecule has 0 unspecified atom stereocenters. The normalized spacial score (nSPS) is 15.6. The first kappa shape index (κ1) is 47.7. The first-order valence-electron chi connectivity index (χ1n) is 25.6. The molecule has 0 saturated carbocycles. The number of piperazine rings is 1. The molecule has 6 aromatic heterocycles. The number of benzene rings is 2. The summed E-state index contributed by atoms with van der Waals surface area (Å²) in [6.45, 7) is 20.7. The SMILES string of the molecule is CCCCc1nc2c(N)nc3ccsc3c2n1Cc1cccc(CN(CC)CCCCCCc2nc3c(N)nc4ccsc4c3n2Cc2cccc(CN3CCN(CCN4CCOCC4)CC3)c2)c1. The predicted molar refractivity (Wildman–Crippen MR) is 286 cm³/mol. The van der Waals surface area contributed by atoms with Crippen molar-refractivity contribution in [1.82, 2.24) is 48.7 Å². The first-order chi connectivity index (χ1) is 33.9. The van der Waals surface area contributed by atoms with Crippen molar-refractivity contribution in [3.05, 3.63) is 105 Å². The highest BCUT2D eigenvalue weighted by Crippen LogP contribution is 2.35. The number of nitrogens with two attached hydrogens (primary N) is 2. The Morgan fingerprint density at radius 1 is 0.580 bits per heavy atom. The fraction of sp³-hybridized carbons (Fsp3) is 0.481. The lowest BCUT2D eigenvalue weighted by molar-refractivity contribution is 0.0297. The molecule has 0 bridgehead atoms. The first-order valence-corrected chi connectivity index (χ1v) is 27.3. The van der Waals surface area contributed by atoms with Crippen molar-refractivity contribution in [1.29, 1.82) is 0 Å². The molecule has 69 heavy (non-hydrogen) atoms. The van der Waals surface area contributed by atoms with E-state index in [1.54, 1.807) is 22.7 Å². The van der Waals surface area contributed by atoms with Gasteiger partial charge in [0, 0.05) is 91.4 Å². The molecule has 0 spiro atoms. The van der Waals surface area contributed by atoms with Gasteiger partial charge in [-0.05, 0) is 77.5 Å². The van der Waals surface area contributed by atoms with Crippen molar-refractivity contribution in [3.63, 3.8) is 0 Å². The summed E-state index contributed by atoms with van der Waals surface area (Å²) in [6.07, 6.45) is 8.64. The third-order valence-corrected chi connectivity index (χ3v) is 16.2. The number of hydrogen-bond acceptors (Lipinski definition) is 13. The van der Waals surface area contributed by atoms with E-state index in [-0.39, 0.29) is 0 Å². The Hall–Kier alpha value is -5.00. The molecule has 13 nitrogen and oxygen atoms in total. The summed E-state index contributed by atoms with van der Waals surface area (Å²) < 4.78 is 12.7. The van der Waals surface area contributed by atoms with Crippen LogP contribution in [0.1, 0.15) is 86.3 Å². The molecule has 0 radical (unpaired) electrons. The van der Waals surface area contributed by atoms with Gasteiger partial charge >= 0.3 is 0 Å². The van der Waals surface area contributed by atoms with Gasteiger partial charge < -0.3 is 25.3 Å². The second-order valence-electron chi connectivity index (χ2n) is 19.2. The van der Waals surface area contributed by atoms with Crippen LogP contribution in [-0.2, 0) is 43.8 Å². The Morgan fingerprint density at radius 3 is 1.70 bits per heavy atom. The number of aromatic nitrogens is 6. The summed E-state index contributed by atoms with van der Waals surface area (Å²) in [5.74, 6) is 3.24. The second kappa shape index (κ2) is 22.4. The van der Waals surface area contributed by atoms with Gasteiger partial charge in [-0.15, -0.1) is 22.7 Å². The van der Waals surface area contributed by atoms with Crippen LogP contribution in [0, 0.1) is 0 Å². The Balaban J connectivity index is 0.746. The van der Waals surface area contributed by atoms with Gasteiger partial charge in [-0.3, -0.25) is 19.6 Å². The molecule has 2 fully saturated rings.